The molecule has 4 rings (SSSR count). The summed E-state index contributed by atoms with van der Waals surface area (Å²) in [5.41, 5.74) is 4.95. The number of aromatic nitrogens is 2. The van der Waals surface area contributed by atoms with Gasteiger partial charge in [-0.15, -0.1) is 5.10 Å². The molecule has 0 saturated carbocycles. The molecule has 7 heteroatoms. The van der Waals surface area contributed by atoms with Crippen molar-refractivity contribution in [1.29, 1.82) is 0 Å². The summed E-state index contributed by atoms with van der Waals surface area (Å²) >= 11 is 0. The van der Waals surface area contributed by atoms with Gasteiger partial charge in [0.25, 0.3) is 0 Å². The predicted octanol–water partition coefficient (Wildman–Crippen LogP) is 5.06. The molecule has 3 aromatic rings. The Morgan fingerprint density at radius 3 is 2.44 bits per heavy atom. The minimum Gasteiger partial charge on any atom is -0.479 e. The highest BCUT2D eigenvalue weighted by Crippen LogP contribution is 2.34. The van der Waals surface area contributed by atoms with E-state index in [1.807, 2.05) is 12.1 Å². The summed E-state index contributed by atoms with van der Waals surface area (Å²) in [5.74, 6) is 0.411. The molecule has 1 fully saturated rings. The number of hydrogen-bond donors (Lipinski definition) is 1. The molecule has 0 spiro atoms. The lowest BCUT2D eigenvalue weighted by Crippen LogP contribution is -2.36. The Morgan fingerprint density at radius 1 is 1.09 bits per heavy atom. The van der Waals surface area contributed by atoms with Gasteiger partial charge in [0.05, 0.1) is 18.9 Å². The Morgan fingerprint density at radius 2 is 1.79 bits per heavy atom. The number of hydrogen-bond acceptors (Lipinski definition) is 5. The number of likely N-dealkylation sites (tertiary alicyclic amines) is 1. The van der Waals surface area contributed by atoms with Gasteiger partial charge in [0.1, 0.15) is 0 Å². The zero-order valence-corrected chi connectivity index (χ0v) is 19.5. The molecule has 1 amide bonds. The van der Waals surface area contributed by atoms with Crippen LogP contribution in [0.15, 0.2) is 60.8 Å². The molecule has 2 aromatic carbocycles. The Balaban J connectivity index is 1.59. The Labute approximate surface area is 199 Å². The van der Waals surface area contributed by atoms with Gasteiger partial charge in [-0.2, -0.15) is 5.10 Å². The van der Waals surface area contributed by atoms with Crippen LogP contribution in [0.5, 0.6) is 5.88 Å². The van der Waals surface area contributed by atoms with Crippen molar-refractivity contribution in [3.8, 4) is 5.88 Å². The fourth-order valence-electron chi connectivity index (χ4n) is 4.77. The summed E-state index contributed by atoms with van der Waals surface area (Å²) in [6.07, 6.45) is 2.58. The number of amides is 1. The average molecular weight is 460 g/mol. The van der Waals surface area contributed by atoms with Gasteiger partial charge in [0, 0.05) is 25.4 Å². The lowest BCUT2D eigenvalue weighted by Gasteiger charge is -2.30. The maximum Gasteiger partial charge on any atom is 0.407 e. The molecule has 1 aromatic heterocycles. The summed E-state index contributed by atoms with van der Waals surface area (Å²) < 4.78 is 5.25. The highest BCUT2D eigenvalue weighted by atomic mass is 16.5. The quantitative estimate of drug-likeness (QED) is 0.497. The van der Waals surface area contributed by atoms with Gasteiger partial charge in [-0.3, -0.25) is 4.79 Å². The largest absolute Gasteiger partial charge is 0.479 e. The first-order chi connectivity index (χ1) is 16.5. The number of carbonyl (C=O) groups is 2. The van der Waals surface area contributed by atoms with E-state index in [2.05, 4.69) is 53.5 Å². The zero-order chi connectivity index (χ0) is 24.1. The molecule has 34 heavy (non-hydrogen) atoms. The Bertz CT molecular complexity index is 1150. The number of aryl methyl sites for hydroxylation is 1. The fraction of sp³-hybridized carbons (Fsp3) is 0.333. The molecule has 1 atom stereocenters. The second kappa shape index (κ2) is 10.5. The molecule has 2 heterocycles. The maximum atomic E-state index is 13.3. The smallest absolute Gasteiger partial charge is 0.407 e. The van der Waals surface area contributed by atoms with Crippen LogP contribution in [0.4, 0.5) is 4.79 Å². The normalized spacial score (nSPS) is 15.1. The van der Waals surface area contributed by atoms with Crippen LogP contribution in [0.3, 0.4) is 0 Å². The molecule has 1 saturated heterocycles. The van der Waals surface area contributed by atoms with Crippen LogP contribution in [0.1, 0.15) is 63.7 Å². The van der Waals surface area contributed by atoms with Gasteiger partial charge < -0.3 is 14.7 Å². The number of rotatable bonds is 7. The van der Waals surface area contributed by atoms with Crippen LogP contribution in [0.2, 0.25) is 0 Å². The van der Waals surface area contributed by atoms with E-state index in [9.17, 15) is 14.7 Å². The summed E-state index contributed by atoms with van der Waals surface area (Å²) in [6.45, 7) is 3.18. The lowest BCUT2D eigenvalue weighted by molar-refractivity contribution is 0.0973. The van der Waals surface area contributed by atoms with Crippen molar-refractivity contribution in [1.82, 2.24) is 15.1 Å². The lowest BCUT2D eigenvalue weighted by atomic mass is 9.82. The van der Waals surface area contributed by atoms with Gasteiger partial charge in [-0.05, 0) is 54.0 Å². The van der Waals surface area contributed by atoms with Crippen LogP contribution >= 0.6 is 0 Å². The van der Waals surface area contributed by atoms with Gasteiger partial charge in [-0.25, -0.2) is 4.79 Å². The van der Waals surface area contributed by atoms with Crippen molar-refractivity contribution in [3.63, 3.8) is 0 Å². The van der Waals surface area contributed by atoms with Gasteiger partial charge in [-0.1, -0.05) is 48.5 Å². The SMILES string of the molecule is COc1nnccc1C(=O)CC(c1ccc(C2CCN(C(=O)O)CC2)cc1)c1ccccc1C. The number of nitrogens with zero attached hydrogens (tertiary/aromatic N) is 3. The van der Waals surface area contributed by atoms with E-state index in [-0.39, 0.29) is 24.0 Å². The molecule has 1 aliphatic heterocycles. The van der Waals surface area contributed by atoms with E-state index in [0.29, 0.717) is 24.6 Å². The number of ketones is 1. The van der Waals surface area contributed by atoms with Crippen molar-refractivity contribution in [3.05, 3.63) is 88.6 Å². The molecular weight excluding hydrogens is 430 g/mol. The fourth-order valence-corrected chi connectivity index (χ4v) is 4.77. The first kappa shape index (κ1) is 23.4. The monoisotopic (exact) mass is 459 g/mol. The molecule has 7 nitrogen and oxygen atoms in total. The van der Waals surface area contributed by atoms with E-state index in [1.54, 1.807) is 6.07 Å². The number of Topliss-reactive ketones (excluding diaryl/α,β-unsaturated/α-hetero) is 1. The van der Waals surface area contributed by atoms with Crippen LogP contribution in [0, 0.1) is 6.92 Å². The van der Waals surface area contributed by atoms with E-state index in [4.69, 9.17) is 4.74 Å². The first-order valence-corrected chi connectivity index (χ1v) is 11.5. The zero-order valence-electron chi connectivity index (χ0n) is 19.5. The van der Waals surface area contributed by atoms with Gasteiger partial charge >= 0.3 is 6.09 Å². The van der Waals surface area contributed by atoms with Crippen molar-refractivity contribution in [2.24, 2.45) is 0 Å². The van der Waals surface area contributed by atoms with Crippen molar-refractivity contribution < 1.29 is 19.4 Å². The van der Waals surface area contributed by atoms with Crippen LogP contribution < -0.4 is 4.74 Å². The van der Waals surface area contributed by atoms with Crippen molar-refractivity contribution in [2.45, 2.75) is 38.0 Å². The Hall–Kier alpha value is -3.74. The summed E-state index contributed by atoms with van der Waals surface area (Å²) in [4.78, 5) is 26.0. The van der Waals surface area contributed by atoms with E-state index >= 15 is 0 Å². The number of benzene rings is 2. The molecule has 0 radical (unpaired) electrons. The predicted molar refractivity (Wildman–Crippen MR) is 129 cm³/mol. The van der Waals surface area contributed by atoms with Crippen LogP contribution in [-0.4, -0.2) is 52.3 Å². The molecule has 1 aliphatic rings. The minimum atomic E-state index is -0.847. The van der Waals surface area contributed by atoms with Crippen molar-refractivity contribution in [2.75, 3.05) is 20.2 Å². The third-order valence-electron chi connectivity index (χ3n) is 6.71. The highest BCUT2D eigenvalue weighted by molar-refractivity contribution is 5.98. The standard InChI is InChI=1S/C27H29N3O4/c1-18-5-3-4-6-22(18)24(17-25(31)23-11-14-28-29-26(23)34-2)21-9-7-19(8-10-21)20-12-15-30(16-13-20)27(32)33/h3-11,14,20,24H,12-13,15-17H2,1-2H3,(H,32,33). The number of methoxy groups -OCH3 is 1. The van der Waals surface area contributed by atoms with E-state index in [0.717, 1.165) is 29.5 Å². The van der Waals surface area contributed by atoms with E-state index in [1.165, 1.54) is 23.8 Å². The third-order valence-corrected chi connectivity index (χ3v) is 6.71. The Kier molecular flexibility index (Phi) is 7.21. The molecule has 0 bridgehead atoms. The van der Waals surface area contributed by atoms with Gasteiger partial charge in [0.15, 0.2) is 5.78 Å². The first-order valence-electron chi connectivity index (χ1n) is 11.5. The minimum absolute atomic E-state index is 0.0508. The number of ether oxygens (including phenoxy) is 1. The summed E-state index contributed by atoms with van der Waals surface area (Å²) in [6, 6.07) is 18.2. The second-order valence-electron chi connectivity index (χ2n) is 8.70. The number of piperidine rings is 1. The molecular formula is C27H29N3O4. The summed E-state index contributed by atoms with van der Waals surface area (Å²) in [7, 11) is 1.49. The second-order valence-corrected chi connectivity index (χ2v) is 8.70. The topological polar surface area (TPSA) is 92.6 Å². The number of carboxylic acid groups (broad SMARTS) is 1. The molecule has 1 N–H and O–H groups in total. The van der Waals surface area contributed by atoms with E-state index < -0.39 is 6.09 Å². The maximum absolute atomic E-state index is 13.3. The van der Waals surface area contributed by atoms with Crippen molar-refractivity contribution >= 4 is 11.9 Å². The third kappa shape index (κ3) is 5.09. The molecule has 0 aliphatic carbocycles. The van der Waals surface area contributed by atoms with Crippen LogP contribution in [0.25, 0.3) is 0 Å². The number of carbonyl (C=O) groups excluding carboxylic acids is 1. The highest BCUT2D eigenvalue weighted by Gasteiger charge is 2.25. The molecule has 1 unspecified atom stereocenters. The average Bonchev–Trinajstić information content (AvgIpc) is 2.88. The van der Waals surface area contributed by atoms with Gasteiger partial charge in [0.2, 0.25) is 5.88 Å². The van der Waals surface area contributed by atoms with Crippen LogP contribution in [-0.2, 0) is 0 Å². The molecule has 176 valence electrons. The summed E-state index contributed by atoms with van der Waals surface area (Å²) in [5, 5.41) is 16.9.